The van der Waals surface area contributed by atoms with Crippen molar-refractivity contribution in [3.05, 3.63) is 59.1 Å². The molecule has 0 aliphatic rings. The summed E-state index contributed by atoms with van der Waals surface area (Å²) < 4.78 is 5.03. The lowest BCUT2D eigenvalue weighted by Gasteiger charge is -2.07. The third kappa shape index (κ3) is 6.14. The average Bonchev–Trinajstić information content (AvgIpc) is 2.57. The highest BCUT2D eigenvalue weighted by atomic mass is 35.5. The van der Waals surface area contributed by atoms with E-state index < -0.39 is 6.03 Å². The standard InChI is InChI=1S/C17H17ClN2O3S/c1-23-15-8-6-14(7-9-15)19-17(22)20-16(21)11-24-10-12-2-4-13(18)5-3-12/h2-9H,10-11H2,1H3,(H2,19,20,21,22). The summed E-state index contributed by atoms with van der Waals surface area (Å²) in [5, 5.41) is 5.56. The molecule has 2 N–H and O–H groups in total. The molecule has 0 radical (unpaired) electrons. The minimum absolute atomic E-state index is 0.193. The number of nitrogens with one attached hydrogen (secondary N) is 2. The molecule has 0 unspecified atom stereocenters. The van der Waals surface area contributed by atoms with Gasteiger partial charge in [0, 0.05) is 16.5 Å². The van der Waals surface area contributed by atoms with Crippen LogP contribution in [0.1, 0.15) is 5.56 Å². The molecule has 24 heavy (non-hydrogen) atoms. The number of carbonyl (C=O) groups excluding carboxylic acids is 2. The van der Waals surface area contributed by atoms with Crippen LogP contribution in [0.15, 0.2) is 48.5 Å². The van der Waals surface area contributed by atoms with E-state index in [1.807, 2.05) is 12.1 Å². The Bertz CT molecular complexity index is 690. The Balaban J connectivity index is 1.70. The van der Waals surface area contributed by atoms with Crippen LogP contribution >= 0.6 is 23.4 Å². The predicted octanol–water partition coefficient (Wildman–Crippen LogP) is 3.93. The number of urea groups is 1. The van der Waals surface area contributed by atoms with Gasteiger partial charge < -0.3 is 10.1 Å². The van der Waals surface area contributed by atoms with Crippen LogP contribution in [0.3, 0.4) is 0 Å². The Labute approximate surface area is 149 Å². The van der Waals surface area contributed by atoms with Crippen molar-refractivity contribution in [2.24, 2.45) is 0 Å². The van der Waals surface area contributed by atoms with Gasteiger partial charge in [0.05, 0.1) is 12.9 Å². The van der Waals surface area contributed by atoms with Crippen molar-refractivity contribution in [2.75, 3.05) is 18.2 Å². The summed E-state index contributed by atoms with van der Waals surface area (Å²) in [6, 6.07) is 13.7. The minimum atomic E-state index is -0.558. The first kappa shape index (κ1) is 18.2. The molecule has 0 heterocycles. The SMILES string of the molecule is COc1ccc(NC(=O)NC(=O)CSCc2ccc(Cl)cc2)cc1. The maximum Gasteiger partial charge on any atom is 0.325 e. The number of hydrogen-bond donors (Lipinski definition) is 2. The molecule has 3 amide bonds. The van der Waals surface area contributed by atoms with Crippen LogP contribution in [0.2, 0.25) is 5.02 Å². The van der Waals surface area contributed by atoms with Crippen molar-refractivity contribution in [1.29, 1.82) is 0 Å². The number of amides is 3. The summed E-state index contributed by atoms with van der Waals surface area (Å²) >= 11 is 7.24. The number of carbonyl (C=O) groups is 2. The van der Waals surface area contributed by atoms with Gasteiger partial charge in [0.2, 0.25) is 5.91 Å². The van der Waals surface area contributed by atoms with Crippen LogP contribution in [0.4, 0.5) is 10.5 Å². The van der Waals surface area contributed by atoms with Crippen molar-refractivity contribution in [1.82, 2.24) is 5.32 Å². The zero-order valence-electron chi connectivity index (χ0n) is 13.0. The van der Waals surface area contributed by atoms with Crippen LogP contribution < -0.4 is 15.4 Å². The lowest BCUT2D eigenvalue weighted by Crippen LogP contribution is -2.35. The molecular weight excluding hydrogens is 348 g/mol. The number of ether oxygens (including phenoxy) is 1. The monoisotopic (exact) mass is 364 g/mol. The van der Waals surface area contributed by atoms with Crippen molar-refractivity contribution in [3.8, 4) is 5.75 Å². The highest BCUT2D eigenvalue weighted by Gasteiger charge is 2.08. The van der Waals surface area contributed by atoms with Gasteiger partial charge in [0.1, 0.15) is 5.75 Å². The summed E-state index contributed by atoms with van der Waals surface area (Å²) in [6.07, 6.45) is 0. The zero-order chi connectivity index (χ0) is 17.4. The van der Waals surface area contributed by atoms with Gasteiger partial charge in [-0.1, -0.05) is 23.7 Å². The second kappa shape index (κ2) is 9.20. The molecule has 7 heteroatoms. The smallest absolute Gasteiger partial charge is 0.325 e. The lowest BCUT2D eigenvalue weighted by atomic mass is 10.2. The number of halogens is 1. The summed E-state index contributed by atoms with van der Waals surface area (Å²) in [7, 11) is 1.56. The van der Waals surface area contributed by atoms with Gasteiger partial charge >= 0.3 is 6.03 Å². The molecule has 0 aliphatic heterocycles. The zero-order valence-corrected chi connectivity index (χ0v) is 14.6. The molecule has 0 aromatic heterocycles. The Morgan fingerprint density at radius 2 is 1.75 bits per heavy atom. The normalized spacial score (nSPS) is 10.1. The summed E-state index contributed by atoms with van der Waals surface area (Å²) in [6.45, 7) is 0. The molecule has 0 spiro atoms. The molecule has 0 aliphatic carbocycles. The van der Waals surface area contributed by atoms with Crippen molar-refractivity contribution < 1.29 is 14.3 Å². The molecule has 0 saturated heterocycles. The van der Waals surface area contributed by atoms with Gasteiger partial charge in [-0.05, 0) is 42.0 Å². The van der Waals surface area contributed by atoms with E-state index in [0.717, 1.165) is 5.56 Å². The molecule has 2 rings (SSSR count). The van der Waals surface area contributed by atoms with E-state index in [2.05, 4.69) is 10.6 Å². The summed E-state index contributed by atoms with van der Waals surface area (Å²) in [4.78, 5) is 23.5. The maximum atomic E-state index is 11.8. The minimum Gasteiger partial charge on any atom is -0.497 e. The van der Waals surface area contributed by atoms with E-state index in [1.165, 1.54) is 11.8 Å². The second-order valence-electron chi connectivity index (χ2n) is 4.85. The van der Waals surface area contributed by atoms with Crippen LogP contribution in [-0.4, -0.2) is 24.8 Å². The summed E-state index contributed by atoms with van der Waals surface area (Å²) in [5.41, 5.74) is 1.65. The van der Waals surface area contributed by atoms with E-state index >= 15 is 0 Å². The third-order valence-electron chi connectivity index (χ3n) is 3.02. The van der Waals surface area contributed by atoms with Gasteiger partial charge in [-0.15, -0.1) is 11.8 Å². The summed E-state index contributed by atoms with van der Waals surface area (Å²) in [5.74, 6) is 1.21. The largest absolute Gasteiger partial charge is 0.497 e. The number of rotatable bonds is 6. The van der Waals surface area contributed by atoms with Gasteiger partial charge in [-0.25, -0.2) is 4.79 Å². The highest BCUT2D eigenvalue weighted by molar-refractivity contribution is 7.99. The fourth-order valence-corrected chi connectivity index (χ4v) is 2.76. The van der Waals surface area contributed by atoms with E-state index in [4.69, 9.17) is 16.3 Å². The molecular formula is C17H17ClN2O3S. The van der Waals surface area contributed by atoms with Crippen molar-refractivity contribution >= 4 is 41.0 Å². The molecule has 2 aromatic carbocycles. The van der Waals surface area contributed by atoms with Gasteiger partial charge in [-0.2, -0.15) is 0 Å². The fraction of sp³-hybridized carbons (Fsp3) is 0.176. The van der Waals surface area contributed by atoms with Crippen LogP contribution in [0.5, 0.6) is 5.75 Å². The third-order valence-corrected chi connectivity index (χ3v) is 4.27. The van der Waals surface area contributed by atoms with E-state index in [0.29, 0.717) is 22.2 Å². The molecule has 126 valence electrons. The molecule has 2 aromatic rings. The quantitative estimate of drug-likeness (QED) is 0.815. The van der Waals surface area contributed by atoms with Crippen LogP contribution in [0.25, 0.3) is 0 Å². The first-order valence-corrected chi connectivity index (χ1v) is 8.67. The number of hydrogen-bond acceptors (Lipinski definition) is 4. The molecule has 0 atom stereocenters. The second-order valence-corrected chi connectivity index (χ2v) is 6.27. The van der Waals surface area contributed by atoms with Gasteiger partial charge in [-0.3, -0.25) is 10.1 Å². The van der Waals surface area contributed by atoms with Gasteiger partial charge in [0.15, 0.2) is 0 Å². The Hall–Kier alpha value is -2.18. The number of methoxy groups -OCH3 is 1. The number of imide groups is 1. The van der Waals surface area contributed by atoms with Gasteiger partial charge in [0.25, 0.3) is 0 Å². The topological polar surface area (TPSA) is 67.4 Å². The predicted molar refractivity (Wildman–Crippen MR) is 97.8 cm³/mol. The Kier molecular flexibility index (Phi) is 6.96. The van der Waals surface area contributed by atoms with E-state index in [9.17, 15) is 9.59 Å². The number of benzene rings is 2. The number of anilines is 1. The van der Waals surface area contributed by atoms with Crippen LogP contribution in [-0.2, 0) is 10.5 Å². The highest BCUT2D eigenvalue weighted by Crippen LogP contribution is 2.16. The first-order chi connectivity index (χ1) is 11.6. The Morgan fingerprint density at radius 3 is 2.38 bits per heavy atom. The van der Waals surface area contributed by atoms with E-state index in [1.54, 1.807) is 43.5 Å². The molecule has 0 saturated carbocycles. The first-order valence-electron chi connectivity index (χ1n) is 7.14. The van der Waals surface area contributed by atoms with Crippen molar-refractivity contribution in [3.63, 3.8) is 0 Å². The maximum absolute atomic E-state index is 11.8. The lowest BCUT2D eigenvalue weighted by molar-refractivity contribution is -0.117. The van der Waals surface area contributed by atoms with Crippen LogP contribution in [0, 0.1) is 0 Å². The fourth-order valence-electron chi connectivity index (χ4n) is 1.84. The Morgan fingerprint density at radius 1 is 1.08 bits per heavy atom. The molecule has 0 fully saturated rings. The average molecular weight is 365 g/mol. The molecule has 5 nitrogen and oxygen atoms in total. The van der Waals surface area contributed by atoms with Crippen molar-refractivity contribution in [2.45, 2.75) is 5.75 Å². The number of thioether (sulfide) groups is 1. The van der Waals surface area contributed by atoms with E-state index in [-0.39, 0.29) is 11.7 Å². The molecule has 0 bridgehead atoms.